The molecule has 1 unspecified atom stereocenters. The number of hydrogen-bond acceptors (Lipinski definition) is 2. The minimum absolute atomic E-state index is 0.0208. The van der Waals surface area contributed by atoms with Crippen molar-refractivity contribution in [2.45, 2.75) is 6.42 Å². The highest BCUT2D eigenvalue weighted by Crippen LogP contribution is 2.29. The maximum Gasteiger partial charge on any atom is 0.231 e. The molecule has 1 amide bonds. The number of halogens is 2. The van der Waals surface area contributed by atoms with Crippen LogP contribution in [0.2, 0.25) is 0 Å². The van der Waals surface area contributed by atoms with Crippen molar-refractivity contribution in [1.29, 1.82) is 0 Å². The van der Waals surface area contributed by atoms with Gasteiger partial charge in [-0.3, -0.25) is 4.79 Å². The summed E-state index contributed by atoms with van der Waals surface area (Å²) in [4.78, 5) is 12.4. The number of nitrogens with one attached hydrogen (secondary N) is 1. The van der Waals surface area contributed by atoms with Crippen molar-refractivity contribution in [1.82, 2.24) is 0 Å². The number of ether oxygens (including phenoxy) is 1. The first-order valence-corrected chi connectivity index (χ1v) is 8.18. The summed E-state index contributed by atoms with van der Waals surface area (Å²) >= 11 is 6.84. The highest BCUT2D eigenvalue weighted by Gasteiger charge is 2.26. The van der Waals surface area contributed by atoms with E-state index in [1.807, 2.05) is 42.5 Å². The first-order valence-electron chi connectivity index (χ1n) is 6.60. The molecule has 0 radical (unpaired) electrons. The molecule has 0 fully saturated rings. The summed E-state index contributed by atoms with van der Waals surface area (Å²) in [6.45, 7) is 0.414. The lowest BCUT2D eigenvalue weighted by Crippen LogP contribution is -2.32. The van der Waals surface area contributed by atoms with Gasteiger partial charge in [0.2, 0.25) is 5.91 Å². The summed E-state index contributed by atoms with van der Waals surface area (Å²) in [5.74, 6) is 0.689. The molecule has 3 rings (SSSR count). The van der Waals surface area contributed by atoms with Crippen molar-refractivity contribution in [2.24, 2.45) is 5.92 Å². The van der Waals surface area contributed by atoms with Crippen LogP contribution in [0.3, 0.4) is 0 Å². The molecule has 108 valence electrons. The average Bonchev–Trinajstić information content (AvgIpc) is 2.49. The van der Waals surface area contributed by atoms with Gasteiger partial charge in [0, 0.05) is 8.95 Å². The number of rotatable bonds is 2. The van der Waals surface area contributed by atoms with Crippen LogP contribution in [0.25, 0.3) is 0 Å². The third kappa shape index (κ3) is 3.30. The fraction of sp³-hybridized carbons (Fsp3) is 0.188. The SMILES string of the molecule is O=C(Nc1ccc(Br)cc1Br)C1COc2ccccc2C1. The van der Waals surface area contributed by atoms with Crippen LogP contribution >= 0.6 is 31.9 Å². The molecule has 0 spiro atoms. The smallest absolute Gasteiger partial charge is 0.231 e. The Bertz CT molecular complexity index is 688. The Kier molecular flexibility index (Phi) is 4.31. The minimum Gasteiger partial charge on any atom is -0.492 e. The third-order valence-corrected chi connectivity index (χ3v) is 4.59. The van der Waals surface area contributed by atoms with Crippen molar-refractivity contribution in [3.8, 4) is 5.75 Å². The quantitative estimate of drug-likeness (QED) is 0.796. The van der Waals surface area contributed by atoms with Crippen LogP contribution in [-0.4, -0.2) is 12.5 Å². The molecule has 21 heavy (non-hydrogen) atoms. The third-order valence-electron chi connectivity index (χ3n) is 3.44. The van der Waals surface area contributed by atoms with Gasteiger partial charge in [-0.05, 0) is 52.2 Å². The molecule has 0 saturated heterocycles. The van der Waals surface area contributed by atoms with E-state index in [1.165, 1.54) is 0 Å². The number of amides is 1. The van der Waals surface area contributed by atoms with E-state index in [2.05, 4.69) is 37.2 Å². The van der Waals surface area contributed by atoms with E-state index in [1.54, 1.807) is 0 Å². The summed E-state index contributed by atoms with van der Waals surface area (Å²) in [6.07, 6.45) is 0.705. The van der Waals surface area contributed by atoms with Crippen LogP contribution in [-0.2, 0) is 11.2 Å². The number of benzene rings is 2. The lowest BCUT2D eigenvalue weighted by Gasteiger charge is -2.24. The highest BCUT2D eigenvalue weighted by atomic mass is 79.9. The Hall–Kier alpha value is -1.33. The zero-order valence-electron chi connectivity index (χ0n) is 11.1. The molecule has 3 nitrogen and oxygen atoms in total. The molecule has 1 aliphatic heterocycles. The first-order chi connectivity index (χ1) is 10.1. The summed E-state index contributed by atoms with van der Waals surface area (Å²) in [7, 11) is 0. The van der Waals surface area contributed by atoms with Crippen LogP contribution < -0.4 is 10.1 Å². The largest absolute Gasteiger partial charge is 0.492 e. The second-order valence-corrected chi connectivity index (χ2v) is 6.70. The Morgan fingerprint density at radius 1 is 1.19 bits per heavy atom. The molecule has 0 bridgehead atoms. The summed E-state index contributed by atoms with van der Waals surface area (Å²) in [5.41, 5.74) is 1.85. The van der Waals surface area contributed by atoms with Crippen molar-refractivity contribution in [2.75, 3.05) is 11.9 Å². The molecule has 0 saturated carbocycles. The van der Waals surface area contributed by atoms with Crippen LogP contribution in [0, 0.1) is 5.92 Å². The molecule has 1 aliphatic rings. The van der Waals surface area contributed by atoms with Gasteiger partial charge in [-0.1, -0.05) is 34.1 Å². The maximum atomic E-state index is 12.4. The van der Waals surface area contributed by atoms with E-state index in [9.17, 15) is 4.79 Å². The average molecular weight is 411 g/mol. The second kappa shape index (κ2) is 6.20. The Labute approximate surface area is 140 Å². The number of para-hydroxylation sites is 1. The number of carbonyl (C=O) groups is 1. The van der Waals surface area contributed by atoms with Crippen LogP contribution in [0.5, 0.6) is 5.75 Å². The van der Waals surface area contributed by atoms with Crippen molar-refractivity contribution in [3.63, 3.8) is 0 Å². The Balaban J connectivity index is 1.72. The zero-order valence-corrected chi connectivity index (χ0v) is 14.3. The van der Waals surface area contributed by atoms with Gasteiger partial charge in [0.05, 0.1) is 11.6 Å². The molecule has 1 atom stereocenters. The Morgan fingerprint density at radius 2 is 2.00 bits per heavy atom. The molecule has 0 aromatic heterocycles. The maximum absolute atomic E-state index is 12.4. The molecule has 2 aromatic carbocycles. The van der Waals surface area contributed by atoms with Gasteiger partial charge in [-0.25, -0.2) is 0 Å². The van der Waals surface area contributed by atoms with Crippen molar-refractivity contribution < 1.29 is 9.53 Å². The van der Waals surface area contributed by atoms with Crippen molar-refractivity contribution >= 4 is 43.5 Å². The molecule has 0 aliphatic carbocycles. The van der Waals surface area contributed by atoms with Gasteiger partial charge in [-0.2, -0.15) is 0 Å². The van der Waals surface area contributed by atoms with Gasteiger partial charge in [-0.15, -0.1) is 0 Å². The molecular weight excluding hydrogens is 398 g/mol. The first kappa shape index (κ1) is 14.6. The molecule has 1 heterocycles. The predicted molar refractivity (Wildman–Crippen MR) is 89.6 cm³/mol. The predicted octanol–water partition coefficient (Wildman–Crippen LogP) is 4.40. The van der Waals surface area contributed by atoms with Crippen LogP contribution in [0.4, 0.5) is 5.69 Å². The van der Waals surface area contributed by atoms with Crippen LogP contribution in [0.15, 0.2) is 51.4 Å². The molecule has 2 aromatic rings. The molecule has 1 N–H and O–H groups in total. The monoisotopic (exact) mass is 409 g/mol. The lowest BCUT2D eigenvalue weighted by atomic mass is 9.96. The Morgan fingerprint density at radius 3 is 2.81 bits per heavy atom. The summed E-state index contributed by atoms with van der Waals surface area (Å²) in [5, 5.41) is 2.95. The summed E-state index contributed by atoms with van der Waals surface area (Å²) in [6, 6.07) is 13.5. The number of carbonyl (C=O) groups excluding carboxylic acids is 1. The fourth-order valence-corrected chi connectivity index (χ4v) is 3.47. The van der Waals surface area contributed by atoms with E-state index in [0.29, 0.717) is 13.0 Å². The molecular formula is C16H13Br2NO2. The van der Waals surface area contributed by atoms with Gasteiger partial charge in [0.15, 0.2) is 0 Å². The van der Waals surface area contributed by atoms with Crippen LogP contribution in [0.1, 0.15) is 5.56 Å². The topological polar surface area (TPSA) is 38.3 Å². The number of hydrogen-bond donors (Lipinski definition) is 1. The van der Waals surface area contributed by atoms with Gasteiger partial charge in [0.25, 0.3) is 0 Å². The van der Waals surface area contributed by atoms with Gasteiger partial charge in [0.1, 0.15) is 12.4 Å². The van der Waals surface area contributed by atoms with E-state index in [0.717, 1.165) is 25.9 Å². The highest BCUT2D eigenvalue weighted by molar-refractivity contribution is 9.11. The lowest BCUT2D eigenvalue weighted by molar-refractivity contribution is -0.121. The summed E-state index contributed by atoms with van der Waals surface area (Å²) < 4.78 is 7.47. The fourth-order valence-electron chi connectivity index (χ4n) is 2.32. The van der Waals surface area contributed by atoms with E-state index < -0.39 is 0 Å². The number of fused-ring (bicyclic) bond motifs is 1. The van der Waals surface area contributed by atoms with E-state index in [-0.39, 0.29) is 11.8 Å². The van der Waals surface area contributed by atoms with E-state index in [4.69, 9.17) is 4.74 Å². The normalized spacial score (nSPS) is 16.8. The zero-order chi connectivity index (χ0) is 14.8. The van der Waals surface area contributed by atoms with Crippen molar-refractivity contribution in [3.05, 3.63) is 57.0 Å². The van der Waals surface area contributed by atoms with E-state index >= 15 is 0 Å². The second-order valence-electron chi connectivity index (χ2n) is 4.93. The standard InChI is InChI=1S/C16H13Br2NO2/c17-12-5-6-14(13(18)8-12)19-16(20)11-7-10-3-1-2-4-15(10)21-9-11/h1-6,8,11H,7,9H2,(H,19,20). The minimum atomic E-state index is -0.171. The van der Waals surface area contributed by atoms with Gasteiger partial charge < -0.3 is 10.1 Å². The van der Waals surface area contributed by atoms with Gasteiger partial charge >= 0.3 is 0 Å². The molecule has 5 heteroatoms. The number of anilines is 1.